The smallest absolute Gasteiger partial charge is 0.227 e. The fourth-order valence-electron chi connectivity index (χ4n) is 5.87. The Labute approximate surface area is 230 Å². The van der Waals surface area contributed by atoms with Gasteiger partial charge >= 0.3 is 0 Å². The van der Waals surface area contributed by atoms with Gasteiger partial charge in [-0.15, -0.1) is 0 Å². The molecule has 0 saturated heterocycles. The third-order valence-electron chi connectivity index (χ3n) is 7.77. The number of furan rings is 1. The van der Waals surface area contributed by atoms with Crippen LogP contribution in [0.3, 0.4) is 0 Å². The molecule has 3 aromatic carbocycles. The van der Waals surface area contributed by atoms with E-state index in [-0.39, 0.29) is 0 Å². The molecule has 0 spiro atoms. The van der Waals surface area contributed by atoms with Crippen molar-refractivity contribution in [3.05, 3.63) is 101 Å². The molecule has 6 aromatic rings. The Morgan fingerprint density at radius 2 is 1.46 bits per heavy atom. The van der Waals surface area contributed by atoms with Crippen LogP contribution in [0.25, 0.3) is 50.3 Å². The van der Waals surface area contributed by atoms with Gasteiger partial charge in [0.1, 0.15) is 11.4 Å². The van der Waals surface area contributed by atoms with E-state index in [2.05, 4.69) is 113 Å². The van der Waals surface area contributed by atoms with E-state index in [1.165, 1.54) is 33.5 Å². The van der Waals surface area contributed by atoms with Gasteiger partial charge in [0.15, 0.2) is 0 Å². The van der Waals surface area contributed by atoms with Crippen molar-refractivity contribution in [2.75, 3.05) is 0 Å². The van der Waals surface area contributed by atoms with Crippen molar-refractivity contribution < 1.29 is 4.42 Å². The van der Waals surface area contributed by atoms with Gasteiger partial charge in [-0.2, -0.15) is 0 Å². The van der Waals surface area contributed by atoms with Crippen LogP contribution in [0.2, 0.25) is 0 Å². The van der Waals surface area contributed by atoms with E-state index in [0.29, 0.717) is 17.5 Å². The Morgan fingerprint density at radius 3 is 2.13 bits per heavy atom. The van der Waals surface area contributed by atoms with Crippen LogP contribution >= 0.6 is 0 Å². The van der Waals surface area contributed by atoms with Crippen LogP contribution < -0.4 is 0 Å². The predicted octanol–water partition coefficient (Wildman–Crippen LogP) is 9.67. The minimum absolute atomic E-state index is 0.328. The molecule has 3 aromatic heterocycles. The fourth-order valence-corrected chi connectivity index (χ4v) is 5.87. The number of benzene rings is 3. The SMILES string of the molecule is Cc1cc(C)c2c(n1)oc1c(-c3nccn3-c3c(C(C)C)cc(-c4ccccc4)cc3C(C)C)c(C)ccc12. The van der Waals surface area contributed by atoms with E-state index in [1.807, 2.05) is 13.1 Å². The molecule has 6 rings (SSSR count). The summed E-state index contributed by atoms with van der Waals surface area (Å²) in [4.78, 5) is 9.67. The molecule has 0 amide bonds. The van der Waals surface area contributed by atoms with Crippen molar-refractivity contribution in [1.29, 1.82) is 0 Å². The normalized spacial score (nSPS) is 11.9. The van der Waals surface area contributed by atoms with E-state index in [9.17, 15) is 0 Å². The highest BCUT2D eigenvalue weighted by Gasteiger charge is 2.24. The lowest BCUT2D eigenvalue weighted by Gasteiger charge is -2.24. The molecular formula is C35H35N3O. The molecule has 0 aliphatic carbocycles. The van der Waals surface area contributed by atoms with Gasteiger partial charge in [0.25, 0.3) is 0 Å². The quantitative estimate of drug-likeness (QED) is 0.230. The largest absolute Gasteiger partial charge is 0.437 e. The van der Waals surface area contributed by atoms with Gasteiger partial charge in [0, 0.05) is 23.5 Å². The molecule has 0 fully saturated rings. The number of hydrogen-bond donors (Lipinski definition) is 0. The zero-order chi connectivity index (χ0) is 27.4. The van der Waals surface area contributed by atoms with Crippen LogP contribution in [-0.4, -0.2) is 14.5 Å². The first-order chi connectivity index (χ1) is 18.7. The van der Waals surface area contributed by atoms with E-state index >= 15 is 0 Å². The van der Waals surface area contributed by atoms with Crippen LogP contribution in [0.5, 0.6) is 0 Å². The number of hydrogen-bond acceptors (Lipinski definition) is 3. The summed E-state index contributed by atoms with van der Waals surface area (Å²) < 4.78 is 8.79. The summed E-state index contributed by atoms with van der Waals surface area (Å²) in [5.74, 6) is 1.55. The van der Waals surface area contributed by atoms with Gasteiger partial charge in [-0.05, 0) is 84.2 Å². The maximum absolute atomic E-state index is 6.51. The monoisotopic (exact) mass is 513 g/mol. The molecule has 0 bridgehead atoms. The molecule has 0 unspecified atom stereocenters. The summed E-state index contributed by atoms with van der Waals surface area (Å²) in [5, 5.41) is 2.16. The minimum Gasteiger partial charge on any atom is -0.437 e. The number of fused-ring (bicyclic) bond motifs is 3. The average Bonchev–Trinajstić information content (AvgIpc) is 3.53. The van der Waals surface area contributed by atoms with Crippen molar-refractivity contribution in [3.63, 3.8) is 0 Å². The summed E-state index contributed by atoms with van der Waals surface area (Å²) in [5.41, 5.74) is 12.1. The Bertz CT molecular complexity index is 1810. The van der Waals surface area contributed by atoms with E-state index in [1.54, 1.807) is 0 Å². The highest BCUT2D eigenvalue weighted by atomic mass is 16.3. The van der Waals surface area contributed by atoms with E-state index < -0.39 is 0 Å². The highest BCUT2D eigenvalue weighted by molar-refractivity contribution is 6.10. The van der Waals surface area contributed by atoms with Crippen LogP contribution in [-0.2, 0) is 0 Å². The van der Waals surface area contributed by atoms with Crippen molar-refractivity contribution in [1.82, 2.24) is 14.5 Å². The van der Waals surface area contributed by atoms with Gasteiger partial charge in [0.2, 0.25) is 5.71 Å². The molecule has 0 aliphatic rings. The highest BCUT2D eigenvalue weighted by Crippen LogP contribution is 2.41. The molecule has 196 valence electrons. The van der Waals surface area contributed by atoms with Gasteiger partial charge < -0.3 is 4.42 Å². The molecule has 0 N–H and O–H groups in total. The first-order valence-corrected chi connectivity index (χ1v) is 13.8. The van der Waals surface area contributed by atoms with Crippen LogP contribution in [0.4, 0.5) is 0 Å². The van der Waals surface area contributed by atoms with Crippen molar-refractivity contribution in [3.8, 4) is 28.2 Å². The van der Waals surface area contributed by atoms with Gasteiger partial charge in [-0.1, -0.05) is 70.2 Å². The van der Waals surface area contributed by atoms with Crippen LogP contribution in [0, 0.1) is 20.8 Å². The summed E-state index contributed by atoms with van der Waals surface area (Å²) >= 11 is 0. The van der Waals surface area contributed by atoms with E-state index in [0.717, 1.165) is 39.0 Å². The standard InChI is InChI=1S/C35H35N3O/c1-20(2)28-18-26(25-11-9-8-10-12-25)19-29(21(3)4)32(28)38-16-15-36-34(38)31-22(5)13-14-27-30-23(6)17-24(7)37-35(30)39-33(27)31/h8-21H,1-7H3. The average molecular weight is 514 g/mol. The molecule has 4 nitrogen and oxygen atoms in total. The number of nitrogens with zero attached hydrogens (tertiary/aromatic N) is 3. The summed E-state index contributed by atoms with van der Waals surface area (Å²) in [6.07, 6.45) is 4.00. The summed E-state index contributed by atoms with van der Waals surface area (Å²) in [6, 6.07) is 21.8. The fraction of sp³-hybridized carbons (Fsp3) is 0.257. The van der Waals surface area contributed by atoms with Gasteiger partial charge in [-0.3, -0.25) is 4.57 Å². The summed E-state index contributed by atoms with van der Waals surface area (Å²) in [7, 11) is 0. The maximum Gasteiger partial charge on any atom is 0.227 e. The van der Waals surface area contributed by atoms with Crippen LogP contribution in [0.15, 0.2) is 77.5 Å². The van der Waals surface area contributed by atoms with Crippen molar-refractivity contribution >= 4 is 22.1 Å². The second kappa shape index (κ2) is 9.53. The Hall–Kier alpha value is -4.18. The Balaban J connectivity index is 1.65. The van der Waals surface area contributed by atoms with Gasteiger partial charge in [-0.25, -0.2) is 9.97 Å². The molecule has 0 aliphatic heterocycles. The zero-order valence-corrected chi connectivity index (χ0v) is 23.8. The second-order valence-corrected chi connectivity index (χ2v) is 11.3. The minimum atomic E-state index is 0.328. The Morgan fingerprint density at radius 1 is 0.769 bits per heavy atom. The molecule has 0 radical (unpaired) electrons. The third kappa shape index (κ3) is 4.15. The second-order valence-electron chi connectivity index (χ2n) is 11.3. The molecular weight excluding hydrogens is 478 g/mol. The number of imidazole rings is 1. The topological polar surface area (TPSA) is 43.9 Å². The van der Waals surface area contributed by atoms with Crippen molar-refractivity contribution in [2.24, 2.45) is 0 Å². The number of aromatic nitrogens is 3. The maximum atomic E-state index is 6.51. The lowest BCUT2D eigenvalue weighted by Crippen LogP contribution is -2.09. The summed E-state index contributed by atoms with van der Waals surface area (Å²) in [6.45, 7) is 15.4. The molecule has 3 heterocycles. The Kier molecular flexibility index (Phi) is 6.14. The first kappa shape index (κ1) is 25.1. The molecule has 0 saturated carbocycles. The lowest BCUT2D eigenvalue weighted by molar-refractivity contribution is 0.652. The van der Waals surface area contributed by atoms with Gasteiger partial charge in [0.05, 0.1) is 16.6 Å². The lowest BCUT2D eigenvalue weighted by atomic mass is 9.88. The third-order valence-corrected chi connectivity index (χ3v) is 7.77. The van der Waals surface area contributed by atoms with E-state index in [4.69, 9.17) is 14.4 Å². The number of aryl methyl sites for hydroxylation is 3. The first-order valence-electron chi connectivity index (χ1n) is 13.8. The zero-order valence-electron chi connectivity index (χ0n) is 23.8. The molecule has 0 atom stereocenters. The predicted molar refractivity (Wildman–Crippen MR) is 162 cm³/mol. The van der Waals surface area contributed by atoms with Crippen molar-refractivity contribution in [2.45, 2.75) is 60.3 Å². The van der Waals surface area contributed by atoms with Crippen LogP contribution in [0.1, 0.15) is 67.5 Å². The molecule has 4 heteroatoms. The molecule has 39 heavy (non-hydrogen) atoms. The number of rotatable bonds is 5. The number of pyridine rings is 1.